The molecular weight excluding hydrogens is 252 g/mol. The number of ether oxygens (including phenoxy) is 1. The normalized spacial score (nSPS) is 21.1. The number of hydrogen-bond acceptors (Lipinski definition) is 4. The van der Waals surface area contributed by atoms with Crippen LogP contribution < -0.4 is 4.90 Å². The fourth-order valence-corrected chi connectivity index (χ4v) is 2.66. The molecule has 1 fully saturated rings. The Labute approximate surface area is 122 Å². The fraction of sp³-hybridized carbons (Fsp3) is 0.867. The van der Waals surface area contributed by atoms with Gasteiger partial charge in [0.05, 0.1) is 6.10 Å². The maximum absolute atomic E-state index is 5.72. The predicted molar refractivity (Wildman–Crippen MR) is 81.1 cm³/mol. The number of anilines is 1. The highest BCUT2D eigenvalue weighted by Crippen LogP contribution is 2.23. The maximum Gasteiger partial charge on any atom is 0.227 e. The molecule has 0 spiro atoms. The van der Waals surface area contributed by atoms with Gasteiger partial charge in [0.15, 0.2) is 0 Å². The third kappa shape index (κ3) is 3.72. The van der Waals surface area contributed by atoms with E-state index >= 15 is 0 Å². The average Bonchev–Trinajstić information content (AvgIpc) is 2.60. The van der Waals surface area contributed by atoms with E-state index in [0.717, 1.165) is 50.9 Å². The summed E-state index contributed by atoms with van der Waals surface area (Å²) < 4.78 is 7.97. The van der Waals surface area contributed by atoms with Gasteiger partial charge in [-0.3, -0.25) is 4.57 Å². The number of hydrogen-bond donors (Lipinski definition) is 0. The van der Waals surface area contributed by atoms with Crippen molar-refractivity contribution in [2.45, 2.75) is 60.1 Å². The van der Waals surface area contributed by atoms with Crippen molar-refractivity contribution in [1.29, 1.82) is 0 Å². The SMILES string of the molecule is CCn1c(CC(C)(C)C)nnc1N1CCCOC(C)C1. The van der Waals surface area contributed by atoms with Crippen LogP contribution in [0.3, 0.4) is 0 Å². The Hall–Kier alpha value is -1.10. The van der Waals surface area contributed by atoms with E-state index in [2.05, 4.69) is 54.3 Å². The molecule has 0 aromatic carbocycles. The van der Waals surface area contributed by atoms with Crippen LogP contribution in [0.25, 0.3) is 0 Å². The Morgan fingerprint density at radius 3 is 2.70 bits per heavy atom. The van der Waals surface area contributed by atoms with Gasteiger partial charge in [-0.15, -0.1) is 10.2 Å². The van der Waals surface area contributed by atoms with Crippen molar-refractivity contribution >= 4 is 5.95 Å². The zero-order valence-electron chi connectivity index (χ0n) is 13.5. The van der Waals surface area contributed by atoms with E-state index in [1.165, 1.54) is 0 Å². The highest BCUT2D eigenvalue weighted by atomic mass is 16.5. The van der Waals surface area contributed by atoms with Crippen LogP contribution in [0.5, 0.6) is 0 Å². The Kier molecular flexibility index (Phi) is 4.68. The minimum Gasteiger partial charge on any atom is -0.377 e. The Balaban J connectivity index is 2.23. The third-order valence-electron chi connectivity index (χ3n) is 3.55. The minimum absolute atomic E-state index is 0.229. The average molecular weight is 280 g/mol. The zero-order chi connectivity index (χ0) is 14.8. The van der Waals surface area contributed by atoms with Gasteiger partial charge in [-0.1, -0.05) is 20.8 Å². The highest BCUT2D eigenvalue weighted by molar-refractivity contribution is 5.32. The monoisotopic (exact) mass is 280 g/mol. The van der Waals surface area contributed by atoms with Crippen molar-refractivity contribution < 1.29 is 4.74 Å². The van der Waals surface area contributed by atoms with Crippen LogP contribution in [0, 0.1) is 5.41 Å². The molecule has 1 aliphatic rings. The molecule has 1 aliphatic heterocycles. The van der Waals surface area contributed by atoms with E-state index < -0.39 is 0 Å². The minimum atomic E-state index is 0.229. The van der Waals surface area contributed by atoms with Gasteiger partial charge in [0, 0.05) is 32.7 Å². The van der Waals surface area contributed by atoms with Crippen LogP contribution in [0.2, 0.25) is 0 Å². The van der Waals surface area contributed by atoms with Crippen LogP contribution in [-0.4, -0.2) is 40.6 Å². The summed E-state index contributed by atoms with van der Waals surface area (Å²) in [6.07, 6.45) is 2.26. The van der Waals surface area contributed by atoms with E-state index in [9.17, 15) is 0 Å². The molecule has 0 radical (unpaired) electrons. The molecule has 1 atom stereocenters. The van der Waals surface area contributed by atoms with Crippen molar-refractivity contribution in [2.75, 3.05) is 24.6 Å². The molecule has 2 heterocycles. The molecule has 5 nitrogen and oxygen atoms in total. The smallest absolute Gasteiger partial charge is 0.227 e. The molecule has 0 bridgehead atoms. The van der Waals surface area contributed by atoms with Crippen molar-refractivity contribution in [3.8, 4) is 0 Å². The molecule has 5 heteroatoms. The molecule has 1 aromatic rings. The lowest BCUT2D eigenvalue weighted by Gasteiger charge is -2.24. The van der Waals surface area contributed by atoms with Crippen molar-refractivity contribution in [2.24, 2.45) is 5.41 Å². The highest BCUT2D eigenvalue weighted by Gasteiger charge is 2.23. The maximum atomic E-state index is 5.72. The first-order valence-corrected chi connectivity index (χ1v) is 7.69. The second-order valence-corrected chi connectivity index (χ2v) is 6.88. The van der Waals surface area contributed by atoms with Crippen LogP contribution in [0.4, 0.5) is 5.95 Å². The number of aromatic nitrogens is 3. The van der Waals surface area contributed by atoms with Crippen LogP contribution >= 0.6 is 0 Å². The third-order valence-corrected chi connectivity index (χ3v) is 3.55. The van der Waals surface area contributed by atoms with Crippen LogP contribution in [-0.2, 0) is 17.7 Å². The fourth-order valence-electron chi connectivity index (χ4n) is 2.66. The zero-order valence-corrected chi connectivity index (χ0v) is 13.5. The van der Waals surface area contributed by atoms with E-state index in [1.807, 2.05) is 0 Å². The summed E-state index contributed by atoms with van der Waals surface area (Å²) in [5.41, 5.74) is 0.229. The first-order chi connectivity index (χ1) is 9.40. The van der Waals surface area contributed by atoms with Gasteiger partial charge in [-0.25, -0.2) is 0 Å². The van der Waals surface area contributed by atoms with E-state index in [0.29, 0.717) is 0 Å². The summed E-state index contributed by atoms with van der Waals surface area (Å²) in [6.45, 7) is 14.7. The topological polar surface area (TPSA) is 43.2 Å². The summed E-state index contributed by atoms with van der Waals surface area (Å²) in [6, 6.07) is 0. The van der Waals surface area contributed by atoms with Crippen molar-refractivity contribution in [1.82, 2.24) is 14.8 Å². The molecule has 2 rings (SSSR count). The molecule has 1 aromatic heterocycles. The summed E-state index contributed by atoms with van der Waals surface area (Å²) >= 11 is 0. The molecule has 0 amide bonds. The first-order valence-electron chi connectivity index (χ1n) is 7.69. The predicted octanol–water partition coefficient (Wildman–Crippen LogP) is 2.50. The summed E-state index contributed by atoms with van der Waals surface area (Å²) in [4.78, 5) is 2.32. The molecule has 20 heavy (non-hydrogen) atoms. The second-order valence-electron chi connectivity index (χ2n) is 6.88. The molecule has 0 saturated carbocycles. The van der Waals surface area contributed by atoms with Gasteiger partial charge in [0.1, 0.15) is 5.82 Å². The Morgan fingerprint density at radius 2 is 2.05 bits per heavy atom. The summed E-state index contributed by atoms with van der Waals surface area (Å²) in [5, 5.41) is 8.89. The lowest BCUT2D eigenvalue weighted by atomic mass is 9.92. The molecular formula is C15H28N4O. The molecule has 0 aliphatic carbocycles. The first kappa shape index (κ1) is 15.3. The largest absolute Gasteiger partial charge is 0.377 e. The van der Waals surface area contributed by atoms with E-state index in [-0.39, 0.29) is 11.5 Å². The van der Waals surface area contributed by atoms with Gasteiger partial charge in [-0.2, -0.15) is 0 Å². The second kappa shape index (κ2) is 6.12. The molecule has 114 valence electrons. The van der Waals surface area contributed by atoms with Gasteiger partial charge >= 0.3 is 0 Å². The van der Waals surface area contributed by atoms with Crippen LogP contribution in [0.15, 0.2) is 0 Å². The van der Waals surface area contributed by atoms with E-state index in [4.69, 9.17) is 4.74 Å². The van der Waals surface area contributed by atoms with Gasteiger partial charge in [-0.05, 0) is 25.7 Å². The summed E-state index contributed by atoms with van der Waals surface area (Å²) in [5.74, 6) is 2.09. The molecule has 1 unspecified atom stereocenters. The summed E-state index contributed by atoms with van der Waals surface area (Å²) in [7, 11) is 0. The van der Waals surface area contributed by atoms with Crippen molar-refractivity contribution in [3.05, 3.63) is 5.82 Å². The Bertz CT molecular complexity index is 436. The van der Waals surface area contributed by atoms with E-state index in [1.54, 1.807) is 0 Å². The lowest BCUT2D eigenvalue weighted by Crippen LogP contribution is -2.32. The van der Waals surface area contributed by atoms with Gasteiger partial charge in [0.2, 0.25) is 5.95 Å². The molecule has 1 saturated heterocycles. The quantitative estimate of drug-likeness (QED) is 0.853. The number of nitrogens with zero attached hydrogens (tertiary/aromatic N) is 4. The lowest BCUT2D eigenvalue weighted by molar-refractivity contribution is 0.0819. The van der Waals surface area contributed by atoms with Gasteiger partial charge < -0.3 is 9.64 Å². The molecule has 0 N–H and O–H groups in total. The number of rotatable bonds is 3. The standard InChI is InChI=1S/C15H28N4O/c1-6-19-13(10-15(3,4)5)16-17-14(19)18-8-7-9-20-12(2)11-18/h12H,6-11H2,1-5H3. The van der Waals surface area contributed by atoms with Crippen molar-refractivity contribution in [3.63, 3.8) is 0 Å². The Morgan fingerprint density at radius 1 is 1.30 bits per heavy atom. The van der Waals surface area contributed by atoms with Crippen LogP contribution in [0.1, 0.15) is 46.9 Å². The van der Waals surface area contributed by atoms with Gasteiger partial charge in [0.25, 0.3) is 0 Å².